The minimum Gasteiger partial charge on any atom is -0.508 e. The highest BCUT2D eigenvalue weighted by atomic mass is 79.9. The Morgan fingerprint density at radius 2 is 2.14 bits per heavy atom. The quantitative estimate of drug-likeness (QED) is 0.532. The van der Waals surface area contributed by atoms with Crippen LogP contribution in [-0.4, -0.2) is 41.7 Å². The van der Waals surface area contributed by atoms with E-state index < -0.39 is 0 Å². The van der Waals surface area contributed by atoms with Gasteiger partial charge in [-0.1, -0.05) is 57.8 Å². The van der Waals surface area contributed by atoms with E-state index in [2.05, 4.69) is 57.1 Å². The van der Waals surface area contributed by atoms with Crippen LogP contribution in [0, 0.1) is 0 Å². The summed E-state index contributed by atoms with van der Waals surface area (Å²) < 4.78 is 11.7. The van der Waals surface area contributed by atoms with Crippen molar-refractivity contribution in [2.75, 3.05) is 19.8 Å². The Morgan fingerprint density at radius 3 is 2.75 bits per heavy atom. The first-order chi connectivity index (χ1) is 13.3. The van der Waals surface area contributed by atoms with Gasteiger partial charge in [0.25, 0.3) is 5.91 Å². The second-order valence-electron chi connectivity index (χ2n) is 7.47. The summed E-state index contributed by atoms with van der Waals surface area (Å²) in [5.41, 5.74) is 3.32. The van der Waals surface area contributed by atoms with Gasteiger partial charge in [-0.25, -0.2) is 0 Å². The second-order valence-corrected chi connectivity index (χ2v) is 9.43. The van der Waals surface area contributed by atoms with E-state index in [9.17, 15) is 9.90 Å². The van der Waals surface area contributed by atoms with Gasteiger partial charge in [-0.15, -0.1) is 0 Å². The van der Waals surface area contributed by atoms with Crippen molar-refractivity contribution < 1.29 is 19.4 Å². The highest BCUT2D eigenvalue weighted by Crippen LogP contribution is 2.36. The number of nitrogens with one attached hydrogen (secondary N) is 1. The van der Waals surface area contributed by atoms with Crippen LogP contribution >= 0.6 is 31.9 Å². The third-order valence-corrected chi connectivity index (χ3v) is 6.47. The molecule has 1 fully saturated rings. The van der Waals surface area contributed by atoms with Gasteiger partial charge in [0.1, 0.15) is 5.75 Å². The number of hydrogen-bond acceptors (Lipinski definition) is 4. The molecule has 5 nitrogen and oxygen atoms in total. The molecule has 2 N–H and O–H groups in total. The summed E-state index contributed by atoms with van der Waals surface area (Å²) in [7, 11) is 0. The summed E-state index contributed by atoms with van der Waals surface area (Å²) >= 11 is 7.40. The van der Waals surface area contributed by atoms with Crippen LogP contribution in [0.15, 0.2) is 40.1 Å². The Hall–Kier alpha value is -1.31. The Morgan fingerprint density at radius 1 is 1.39 bits per heavy atom. The number of rotatable bonds is 7. The molecular formula is C21H25Br2NO4. The van der Waals surface area contributed by atoms with E-state index in [-0.39, 0.29) is 29.3 Å². The Kier molecular flexibility index (Phi) is 7.23. The Balaban J connectivity index is 1.64. The molecule has 1 aliphatic carbocycles. The molecule has 0 saturated carbocycles. The van der Waals surface area contributed by atoms with Crippen molar-refractivity contribution in [3.63, 3.8) is 0 Å². The van der Waals surface area contributed by atoms with Crippen LogP contribution in [0.2, 0.25) is 0 Å². The van der Waals surface area contributed by atoms with Crippen molar-refractivity contribution in [1.29, 1.82) is 0 Å². The first kappa shape index (κ1) is 21.4. The number of phenols is 1. The van der Waals surface area contributed by atoms with E-state index in [1.165, 1.54) is 5.57 Å². The topological polar surface area (TPSA) is 67.8 Å². The van der Waals surface area contributed by atoms with E-state index in [0.717, 1.165) is 27.8 Å². The lowest BCUT2D eigenvalue weighted by atomic mass is 9.93. The van der Waals surface area contributed by atoms with Gasteiger partial charge in [0.05, 0.1) is 25.0 Å². The third-order valence-electron chi connectivity index (χ3n) is 4.85. The monoisotopic (exact) mass is 513 g/mol. The molecular weight excluding hydrogens is 490 g/mol. The fourth-order valence-electron chi connectivity index (χ4n) is 3.18. The number of ether oxygens (including phenoxy) is 2. The summed E-state index contributed by atoms with van der Waals surface area (Å²) in [4.78, 5) is 12.0. The molecule has 0 spiro atoms. The first-order valence-electron chi connectivity index (χ1n) is 9.38. The van der Waals surface area contributed by atoms with Gasteiger partial charge in [0.15, 0.2) is 6.61 Å². The number of alkyl halides is 1. The first-order valence-corrected chi connectivity index (χ1v) is 11.1. The molecule has 7 heteroatoms. The smallest absolute Gasteiger partial charge is 0.258 e. The zero-order chi connectivity index (χ0) is 20.3. The summed E-state index contributed by atoms with van der Waals surface area (Å²) in [6, 6.07) is 5.90. The number of amides is 1. The number of hydrogen-bond donors (Lipinski definition) is 2. The molecule has 152 valence electrons. The van der Waals surface area contributed by atoms with Crippen LogP contribution in [-0.2, 0) is 20.7 Å². The molecule has 1 heterocycles. The lowest BCUT2D eigenvalue weighted by molar-refractivity contribution is -0.128. The van der Waals surface area contributed by atoms with Crippen LogP contribution in [0.5, 0.6) is 5.75 Å². The fraction of sp³-hybridized carbons (Fsp3) is 0.476. The van der Waals surface area contributed by atoms with Crippen LogP contribution in [0.25, 0.3) is 0 Å². The number of carbonyl (C=O) groups is 1. The molecule has 1 aromatic rings. The van der Waals surface area contributed by atoms with Gasteiger partial charge in [-0.3, -0.25) is 4.79 Å². The lowest BCUT2D eigenvalue weighted by Gasteiger charge is -2.27. The molecule has 2 aliphatic rings. The van der Waals surface area contributed by atoms with E-state index in [0.29, 0.717) is 25.4 Å². The summed E-state index contributed by atoms with van der Waals surface area (Å²) in [5.74, 6) is 1.25. The van der Waals surface area contributed by atoms with Gasteiger partial charge < -0.3 is 19.9 Å². The average Bonchev–Trinajstić information content (AvgIpc) is 2.60. The molecule has 1 atom stereocenters. The highest BCUT2D eigenvalue weighted by Gasteiger charge is 2.24. The van der Waals surface area contributed by atoms with Gasteiger partial charge in [-0.2, -0.15) is 0 Å². The number of allylic oxidation sites excluding steroid dienone is 4. The molecule has 28 heavy (non-hydrogen) atoms. The Bertz CT molecular complexity index is 800. The molecule has 1 saturated heterocycles. The van der Waals surface area contributed by atoms with Crippen LogP contribution in [0.4, 0.5) is 0 Å². The van der Waals surface area contributed by atoms with Crippen LogP contribution < -0.4 is 5.32 Å². The van der Waals surface area contributed by atoms with E-state index in [4.69, 9.17) is 9.47 Å². The number of aromatic hydroxyl groups is 1. The molecule has 0 radical (unpaired) electrons. The molecule has 3 rings (SSSR count). The number of benzene rings is 1. The van der Waals surface area contributed by atoms with Crippen LogP contribution in [0.3, 0.4) is 0 Å². The van der Waals surface area contributed by atoms with E-state index in [1.54, 1.807) is 6.07 Å². The highest BCUT2D eigenvalue weighted by molar-refractivity contribution is 9.12. The van der Waals surface area contributed by atoms with Gasteiger partial charge in [0.2, 0.25) is 0 Å². The normalized spacial score (nSPS) is 20.0. The second kappa shape index (κ2) is 9.46. The SMILES string of the molecule is CC(C)c1cc(CC2=C(Br)C=C(OCC(=O)NC3COC3)CC2Br)ccc1O. The van der Waals surface area contributed by atoms with Gasteiger partial charge in [-0.05, 0) is 41.2 Å². The van der Waals surface area contributed by atoms with Gasteiger partial charge in [0, 0.05) is 15.7 Å². The summed E-state index contributed by atoms with van der Waals surface area (Å²) in [6.45, 7) is 5.30. The largest absolute Gasteiger partial charge is 0.508 e. The maximum Gasteiger partial charge on any atom is 0.258 e. The zero-order valence-corrected chi connectivity index (χ0v) is 19.2. The van der Waals surface area contributed by atoms with Gasteiger partial charge >= 0.3 is 0 Å². The average molecular weight is 515 g/mol. The summed E-state index contributed by atoms with van der Waals surface area (Å²) in [5, 5.41) is 12.9. The van der Waals surface area contributed by atoms with Crippen molar-refractivity contribution in [3.05, 3.63) is 51.2 Å². The van der Waals surface area contributed by atoms with Crippen molar-refractivity contribution in [3.8, 4) is 5.75 Å². The van der Waals surface area contributed by atoms with E-state index in [1.807, 2.05) is 12.1 Å². The fourth-order valence-corrected chi connectivity index (χ4v) is 4.89. The standard InChI is InChI=1S/C21H25Br2NO4/c1-12(2)16-5-13(3-4-20(16)25)6-17-18(22)7-15(8-19(17)23)28-11-21(26)24-14-9-27-10-14/h3-5,7,12,14,19,25H,6,8-11H2,1-2H3,(H,24,26). The third kappa shape index (κ3) is 5.39. The lowest BCUT2D eigenvalue weighted by Crippen LogP contribution is -2.49. The minimum atomic E-state index is -0.128. The van der Waals surface area contributed by atoms with Crippen molar-refractivity contribution >= 4 is 37.8 Å². The number of phenolic OH excluding ortho intramolecular Hbond substituents is 1. The predicted octanol–water partition coefficient (Wildman–Crippen LogP) is 4.29. The number of carbonyl (C=O) groups excluding carboxylic acids is 1. The molecule has 1 amide bonds. The number of halogens is 2. The van der Waals surface area contributed by atoms with E-state index >= 15 is 0 Å². The van der Waals surface area contributed by atoms with Crippen molar-refractivity contribution in [2.45, 2.75) is 43.5 Å². The van der Waals surface area contributed by atoms with Crippen molar-refractivity contribution in [2.24, 2.45) is 0 Å². The molecule has 1 aromatic carbocycles. The molecule has 1 aliphatic heterocycles. The molecule has 0 bridgehead atoms. The zero-order valence-electron chi connectivity index (χ0n) is 16.0. The maximum atomic E-state index is 11.9. The Labute approximate surface area is 182 Å². The molecule has 0 aromatic heterocycles. The maximum absolute atomic E-state index is 11.9. The summed E-state index contributed by atoms with van der Waals surface area (Å²) in [6.07, 6.45) is 3.39. The molecule has 1 unspecified atom stereocenters. The van der Waals surface area contributed by atoms with Crippen LogP contribution in [0.1, 0.15) is 37.3 Å². The van der Waals surface area contributed by atoms with Crippen molar-refractivity contribution in [1.82, 2.24) is 5.32 Å². The predicted molar refractivity (Wildman–Crippen MR) is 116 cm³/mol. The minimum absolute atomic E-state index is 0.00732.